The lowest BCUT2D eigenvalue weighted by Crippen LogP contribution is -2.23. The van der Waals surface area contributed by atoms with E-state index in [0.717, 1.165) is 11.3 Å². The highest BCUT2D eigenvalue weighted by molar-refractivity contribution is 6.30. The number of hydrogen-bond donors (Lipinski definition) is 1. The number of hydrogen-bond acceptors (Lipinski definition) is 5. The Morgan fingerprint density at radius 2 is 2.00 bits per heavy atom. The second kappa shape index (κ2) is 6.90. The first-order valence-corrected chi connectivity index (χ1v) is 8.81. The largest absolute Gasteiger partial charge is 0.408 e. The summed E-state index contributed by atoms with van der Waals surface area (Å²) >= 11 is 6.30. The van der Waals surface area contributed by atoms with Crippen LogP contribution in [0.1, 0.15) is 68.5 Å². The quantitative estimate of drug-likeness (QED) is 0.836. The Labute approximate surface area is 149 Å². The normalized spacial score (nSPS) is 18.0. The summed E-state index contributed by atoms with van der Waals surface area (Å²) < 4.78 is 33.7. The maximum absolute atomic E-state index is 13.3. The van der Waals surface area contributed by atoms with Gasteiger partial charge in [-0.3, -0.25) is 4.68 Å². The molecule has 6 nitrogen and oxygen atoms in total. The maximum Gasteiger partial charge on any atom is 0.315 e. The van der Waals surface area contributed by atoms with Crippen LogP contribution in [0.5, 0.6) is 0 Å². The molecule has 1 fully saturated rings. The van der Waals surface area contributed by atoms with Crippen LogP contribution in [-0.2, 0) is 13.6 Å². The third kappa shape index (κ3) is 3.94. The van der Waals surface area contributed by atoms with Gasteiger partial charge < -0.3 is 9.73 Å². The van der Waals surface area contributed by atoms with E-state index in [9.17, 15) is 8.78 Å². The summed E-state index contributed by atoms with van der Waals surface area (Å²) in [6.45, 7) is 4.50. The molecule has 2 aromatic heterocycles. The lowest BCUT2D eigenvalue weighted by molar-refractivity contribution is -0.0398. The SMILES string of the molecule is CC(C)c1nn(C)c(Cl)c1CNc1nnc(C2CCC(F)(F)CC2)o1. The fourth-order valence-corrected chi connectivity index (χ4v) is 3.32. The zero-order chi connectivity index (χ0) is 18.2. The lowest BCUT2D eigenvalue weighted by atomic mass is 9.87. The Kier molecular flexibility index (Phi) is 4.99. The van der Waals surface area contributed by atoms with E-state index in [-0.39, 0.29) is 30.7 Å². The van der Waals surface area contributed by atoms with Gasteiger partial charge in [0.05, 0.1) is 5.69 Å². The Morgan fingerprint density at radius 1 is 1.32 bits per heavy atom. The van der Waals surface area contributed by atoms with E-state index >= 15 is 0 Å². The summed E-state index contributed by atoms with van der Waals surface area (Å²) in [5.74, 6) is -2.02. The number of halogens is 3. The van der Waals surface area contributed by atoms with Crippen LogP contribution in [0, 0.1) is 0 Å². The van der Waals surface area contributed by atoms with E-state index in [2.05, 4.69) is 20.6 Å². The van der Waals surface area contributed by atoms with Crippen molar-refractivity contribution in [3.63, 3.8) is 0 Å². The Morgan fingerprint density at radius 3 is 2.64 bits per heavy atom. The summed E-state index contributed by atoms with van der Waals surface area (Å²) in [6, 6.07) is 0.266. The van der Waals surface area contributed by atoms with E-state index in [0.29, 0.717) is 30.4 Å². The van der Waals surface area contributed by atoms with Crippen molar-refractivity contribution in [1.82, 2.24) is 20.0 Å². The fourth-order valence-electron chi connectivity index (χ4n) is 3.12. The van der Waals surface area contributed by atoms with Crippen molar-refractivity contribution >= 4 is 17.6 Å². The molecule has 0 radical (unpaired) electrons. The van der Waals surface area contributed by atoms with Crippen LogP contribution in [0.15, 0.2) is 4.42 Å². The molecule has 1 N–H and O–H groups in total. The molecule has 0 unspecified atom stereocenters. The molecule has 0 amide bonds. The number of anilines is 1. The molecule has 1 aliphatic rings. The minimum Gasteiger partial charge on any atom is -0.408 e. The van der Waals surface area contributed by atoms with Crippen LogP contribution in [0.4, 0.5) is 14.8 Å². The summed E-state index contributed by atoms with van der Waals surface area (Å²) in [4.78, 5) is 0. The number of aromatic nitrogens is 4. The van der Waals surface area contributed by atoms with Gasteiger partial charge in [0, 0.05) is 37.9 Å². The van der Waals surface area contributed by atoms with Gasteiger partial charge in [-0.15, -0.1) is 5.10 Å². The summed E-state index contributed by atoms with van der Waals surface area (Å²) in [7, 11) is 1.79. The van der Waals surface area contributed by atoms with Gasteiger partial charge in [0.15, 0.2) is 0 Å². The van der Waals surface area contributed by atoms with E-state index in [1.165, 1.54) is 0 Å². The van der Waals surface area contributed by atoms with Gasteiger partial charge in [0.2, 0.25) is 11.8 Å². The molecule has 2 aromatic rings. The van der Waals surface area contributed by atoms with Gasteiger partial charge in [-0.2, -0.15) is 5.10 Å². The van der Waals surface area contributed by atoms with Crippen molar-refractivity contribution in [1.29, 1.82) is 0 Å². The van der Waals surface area contributed by atoms with Crippen molar-refractivity contribution in [3.05, 3.63) is 22.3 Å². The van der Waals surface area contributed by atoms with Crippen LogP contribution >= 0.6 is 11.6 Å². The molecule has 0 spiro atoms. The smallest absolute Gasteiger partial charge is 0.315 e. The summed E-state index contributed by atoms with van der Waals surface area (Å²) in [5, 5.41) is 16.0. The number of nitrogens with one attached hydrogen (secondary N) is 1. The van der Waals surface area contributed by atoms with Gasteiger partial charge in [0.25, 0.3) is 0 Å². The highest BCUT2D eigenvalue weighted by atomic mass is 35.5. The Bertz CT molecular complexity index is 733. The minimum atomic E-state index is -2.57. The van der Waals surface area contributed by atoms with E-state index in [4.69, 9.17) is 16.0 Å². The second-order valence-electron chi connectivity index (χ2n) is 6.86. The zero-order valence-corrected chi connectivity index (χ0v) is 15.3. The highest BCUT2D eigenvalue weighted by Gasteiger charge is 2.37. The molecular formula is C16H22ClF2N5O. The topological polar surface area (TPSA) is 68.8 Å². The van der Waals surface area contributed by atoms with Gasteiger partial charge in [-0.05, 0) is 18.8 Å². The molecule has 1 aliphatic carbocycles. The van der Waals surface area contributed by atoms with Gasteiger partial charge in [-0.25, -0.2) is 8.78 Å². The number of rotatable bonds is 5. The average Bonchev–Trinajstić information content (AvgIpc) is 3.12. The molecule has 138 valence electrons. The first kappa shape index (κ1) is 18.1. The standard InChI is InChI=1S/C16H22ClF2N5O/c1-9(2)12-11(13(17)24(3)23-12)8-20-15-22-21-14(25-15)10-4-6-16(18,19)7-5-10/h9-10H,4-8H2,1-3H3,(H,20,22). The predicted octanol–water partition coefficient (Wildman–Crippen LogP) is 4.48. The third-order valence-corrected chi connectivity index (χ3v) is 5.04. The fraction of sp³-hybridized carbons (Fsp3) is 0.688. The molecule has 25 heavy (non-hydrogen) atoms. The van der Waals surface area contributed by atoms with Crippen LogP contribution in [-0.4, -0.2) is 25.9 Å². The molecule has 1 saturated carbocycles. The second-order valence-corrected chi connectivity index (χ2v) is 7.22. The lowest BCUT2D eigenvalue weighted by Gasteiger charge is -2.25. The minimum absolute atomic E-state index is 0.101. The third-order valence-electron chi connectivity index (χ3n) is 4.57. The Hall–Kier alpha value is -1.70. The van der Waals surface area contributed by atoms with Crippen LogP contribution in [0.25, 0.3) is 0 Å². The van der Waals surface area contributed by atoms with Crippen molar-refractivity contribution in [2.75, 3.05) is 5.32 Å². The molecular weight excluding hydrogens is 352 g/mol. The summed E-state index contributed by atoms with van der Waals surface area (Å²) in [5.41, 5.74) is 1.80. The first-order chi connectivity index (χ1) is 11.8. The van der Waals surface area contributed by atoms with E-state index in [1.807, 2.05) is 13.8 Å². The van der Waals surface area contributed by atoms with Crippen molar-refractivity contribution in [2.45, 2.75) is 63.8 Å². The van der Waals surface area contributed by atoms with Gasteiger partial charge in [0.1, 0.15) is 5.15 Å². The molecule has 0 atom stereocenters. The Balaban J connectivity index is 1.65. The maximum atomic E-state index is 13.3. The molecule has 0 aromatic carbocycles. The first-order valence-electron chi connectivity index (χ1n) is 8.43. The average molecular weight is 374 g/mol. The van der Waals surface area contributed by atoms with Crippen molar-refractivity contribution in [3.8, 4) is 0 Å². The van der Waals surface area contributed by atoms with Crippen molar-refractivity contribution < 1.29 is 13.2 Å². The van der Waals surface area contributed by atoms with Crippen LogP contribution in [0.2, 0.25) is 5.15 Å². The molecule has 3 rings (SSSR count). The van der Waals surface area contributed by atoms with E-state index < -0.39 is 5.92 Å². The van der Waals surface area contributed by atoms with Crippen LogP contribution in [0.3, 0.4) is 0 Å². The molecule has 2 heterocycles. The number of aryl methyl sites for hydroxylation is 1. The number of alkyl halides is 2. The predicted molar refractivity (Wildman–Crippen MR) is 90.1 cm³/mol. The van der Waals surface area contributed by atoms with Crippen molar-refractivity contribution in [2.24, 2.45) is 7.05 Å². The summed E-state index contributed by atoms with van der Waals surface area (Å²) in [6.07, 6.45) is 0.457. The monoisotopic (exact) mass is 373 g/mol. The van der Waals surface area contributed by atoms with Crippen LogP contribution < -0.4 is 5.32 Å². The van der Waals surface area contributed by atoms with Gasteiger partial charge >= 0.3 is 6.01 Å². The number of nitrogens with zero attached hydrogens (tertiary/aromatic N) is 4. The molecule has 0 bridgehead atoms. The van der Waals surface area contributed by atoms with E-state index in [1.54, 1.807) is 11.7 Å². The zero-order valence-electron chi connectivity index (χ0n) is 14.5. The molecule has 0 aliphatic heterocycles. The van der Waals surface area contributed by atoms with Gasteiger partial charge in [-0.1, -0.05) is 30.5 Å². The molecule has 0 saturated heterocycles. The molecule has 9 heteroatoms. The highest BCUT2D eigenvalue weighted by Crippen LogP contribution is 2.40.